The van der Waals surface area contributed by atoms with E-state index in [0.717, 1.165) is 4.68 Å². The van der Waals surface area contributed by atoms with Crippen LogP contribution in [0.4, 0.5) is 24.7 Å². The second-order valence-corrected chi connectivity index (χ2v) is 6.37. The van der Waals surface area contributed by atoms with Gasteiger partial charge in [-0.25, -0.2) is 4.68 Å². The zero-order valence-electron chi connectivity index (χ0n) is 14.3. The van der Waals surface area contributed by atoms with Gasteiger partial charge in [0.05, 0.1) is 12.3 Å². The lowest BCUT2D eigenvalue weighted by Gasteiger charge is -2.32. The van der Waals surface area contributed by atoms with E-state index in [1.165, 1.54) is 36.6 Å². The molecule has 3 heterocycles. The fourth-order valence-electron chi connectivity index (χ4n) is 3.14. The van der Waals surface area contributed by atoms with E-state index in [1.54, 1.807) is 12.1 Å². The molecule has 0 aliphatic carbocycles. The van der Waals surface area contributed by atoms with Crippen LogP contribution in [0.3, 0.4) is 0 Å². The quantitative estimate of drug-likeness (QED) is 0.624. The van der Waals surface area contributed by atoms with Gasteiger partial charge in [-0.3, -0.25) is 4.79 Å². The molecule has 2 aromatic heterocycles. The lowest BCUT2D eigenvalue weighted by molar-refractivity contribution is -0.174. The highest BCUT2D eigenvalue weighted by atomic mass is 19.4. The van der Waals surface area contributed by atoms with Crippen molar-refractivity contribution in [1.29, 1.82) is 0 Å². The minimum absolute atomic E-state index is 0.0537. The summed E-state index contributed by atoms with van der Waals surface area (Å²) in [6.07, 6.45) is -3.48. The van der Waals surface area contributed by atoms with Crippen LogP contribution in [0.1, 0.15) is 34.8 Å². The van der Waals surface area contributed by atoms with E-state index in [-0.39, 0.29) is 23.7 Å². The van der Waals surface area contributed by atoms with Crippen LogP contribution in [0.15, 0.2) is 53.1 Å². The fourth-order valence-corrected chi connectivity index (χ4v) is 3.14. The first-order valence-electron chi connectivity index (χ1n) is 8.38. The summed E-state index contributed by atoms with van der Waals surface area (Å²) in [6.45, 7) is 0. The number of carbonyl (C=O) groups is 1. The third kappa shape index (κ3) is 3.40. The number of anilines is 2. The van der Waals surface area contributed by atoms with Gasteiger partial charge in [-0.2, -0.15) is 18.3 Å². The molecule has 3 N–H and O–H groups in total. The maximum Gasteiger partial charge on any atom is 0.410 e. The first kappa shape index (κ1) is 18.0. The van der Waals surface area contributed by atoms with Crippen molar-refractivity contribution in [2.45, 2.75) is 24.7 Å². The average Bonchev–Trinajstić information content (AvgIpc) is 3.29. The van der Waals surface area contributed by atoms with Gasteiger partial charge in [0.1, 0.15) is 17.3 Å². The molecule has 0 radical (unpaired) electrons. The molecular weight excluding hydrogens is 377 g/mol. The van der Waals surface area contributed by atoms with Gasteiger partial charge in [-0.15, -0.1) is 0 Å². The molecule has 4 rings (SSSR count). The minimum Gasteiger partial charge on any atom is -0.508 e. The lowest BCUT2D eigenvalue weighted by Crippen LogP contribution is -2.35. The Hall–Kier alpha value is -3.43. The number of rotatable bonds is 3. The van der Waals surface area contributed by atoms with Crippen LogP contribution in [-0.4, -0.2) is 27.0 Å². The molecule has 0 saturated heterocycles. The summed E-state index contributed by atoms with van der Waals surface area (Å²) in [5, 5.41) is 18.8. The first-order chi connectivity index (χ1) is 13.3. The van der Waals surface area contributed by atoms with Crippen LogP contribution >= 0.6 is 0 Å². The van der Waals surface area contributed by atoms with Crippen LogP contribution < -0.4 is 10.6 Å². The van der Waals surface area contributed by atoms with Crippen LogP contribution in [0, 0.1) is 0 Å². The summed E-state index contributed by atoms with van der Waals surface area (Å²) in [7, 11) is 0. The largest absolute Gasteiger partial charge is 0.508 e. The summed E-state index contributed by atoms with van der Waals surface area (Å²) in [6, 6.07) is 7.65. The predicted molar refractivity (Wildman–Crippen MR) is 93.1 cm³/mol. The number of fused-ring (bicyclic) bond motifs is 1. The second kappa shape index (κ2) is 6.63. The summed E-state index contributed by atoms with van der Waals surface area (Å²) < 4.78 is 46.8. The minimum atomic E-state index is -4.55. The molecule has 146 valence electrons. The highest BCUT2D eigenvalue weighted by Gasteiger charge is 2.47. The second-order valence-electron chi connectivity index (χ2n) is 6.37. The third-order valence-corrected chi connectivity index (χ3v) is 4.41. The van der Waals surface area contributed by atoms with E-state index in [9.17, 15) is 23.1 Å². The van der Waals surface area contributed by atoms with E-state index in [4.69, 9.17) is 4.42 Å². The molecule has 1 amide bonds. The Morgan fingerprint density at radius 3 is 2.79 bits per heavy atom. The van der Waals surface area contributed by atoms with Gasteiger partial charge in [0.15, 0.2) is 11.7 Å². The Kier molecular flexibility index (Phi) is 4.25. The molecule has 1 aliphatic rings. The van der Waals surface area contributed by atoms with E-state index < -0.39 is 24.2 Å². The van der Waals surface area contributed by atoms with Crippen molar-refractivity contribution >= 4 is 17.4 Å². The molecule has 0 bridgehead atoms. The summed E-state index contributed by atoms with van der Waals surface area (Å²) in [4.78, 5) is 12.4. The smallest absolute Gasteiger partial charge is 0.410 e. The van der Waals surface area contributed by atoms with Gasteiger partial charge in [0.25, 0.3) is 5.91 Å². The fraction of sp³-hybridized carbons (Fsp3) is 0.222. The maximum atomic E-state index is 13.6. The van der Waals surface area contributed by atoms with Gasteiger partial charge in [0, 0.05) is 24.2 Å². The molecule has 28 heavy (non-hydrogen) atoms. The molecule has 0 fully saturated rings. The van der Waals surface area contributed by atoms with E-state index >= 15 is 0 Å². The number of aromatic hydroxyl groups is 1. The Morgan fingerprint density at radius 1 is 1.29 bits per heavy atom. The van der Waals surface area contributed by atoms with Crippen molar-refractivity contribution in [3.05, 3.63) is 60.2 Å². The van der Waals surface area contributed by atoms with Crippen molar-refractivity contribution in [2.24, 2.45) is 0 Å². The third-order valence-electron chi connectivity index (χ3n) is 4.41. The van der Waals surface area contributed by atoms with Gasteiger partial charge in [-0.05, 0) is 24.3 Å². The SMILES string of the molecule is O=C(Nc1cccc(O)c1)c1cc2n(n1)[C@H](C(F)(F)F)C[C@@H](c1ccco1)N2. The predicted octanol–water partition coefficient (Wildman–Crippen LogP) is 4.09. The number of hydrogen-bond acceptors (Lipinski definition) is 5. The molecule has 1 aliphatic heterocycles. The summed E-state index contributed by atoms with van der Waals surface area (Å²) in [5.41, 5.74) is 0.116. The number of nitrogens with zero attached hydrogens (tertiary/aromatic N) is 2. The molecule has 1 aromatic carbocycles. The van der Waals surface area contributed by atoms with Crippen LogP contribution in [-0.2, 0) is 0 Å². The summed E-state index contributed by atoms with van der Waals surface area (Å²) >= 11 is 0. The van der Waals surface area contributed by atoms with Crippen molar-refractivity contribution in [2.75, 3.05) is 10.6 Å². The molecule has 3 aromatic rings. The molecule has 0 unspecified atom stereocenters. The van der Waals surface area contributed by atoms with Crippen molar-refractivity contribution in [1.82, 2.24) is 9.78 Å². The van der Waals surface area contributed by atoms with Gasteiger partial charge < -0.3 is 20.2 Å². The maximum absolute atomic E-state index is 13.6. The molecule has 2 atom stereocenters. The van der Waals surface area contributed by atoms with Crippen molar-refractivity contribution in [3.8, 4) is 5.75 Å². The number of halogens is 3. The molecule has 0 saturated carbocycles. The Morgan fingerprint density at radius 2 is 2.11 bits per heavy atom. The Labute approximate surface area is 156 Å². The van der Waals surface area contributed by atoms with Crippen LogP contribution in [0.5, 0.6) is 5.75 Å². The lowest BCUT2D eigenvalue weighted by atomic mass is 10.0. The molecule has 0 spiro atoms. The number of benzene rings is 1. The molecule has 10 heteroatoms. The highest BCUT2D eigenvalue weighted by Crippen LogP contribution is 2.43. The highest BCUT2D eigenvalue weighted by molar-refractivity contribution is 6.03. The normalized spacial score (nSPS) is 19.0. The summed E-state index contributed by atoms with van der Waals surface area (Å²) in [5.74, 6) is -0.310. The zero-order chi connectivity index (χ0) is 19.9. The van der Waals surface area contributed by atoms with Crippen molar-refractivity contribution in [3.63, 3.8) is 0 Å². The zero-order valence-corrected chi connectivity index (χ0v) is 14.3. The number of phenolic OH excluding ortho intramolecular Hbond substituents is 1. The Bertz CT molecular complexity index is 998. The van der Waals surface area contributed by atoms with Crippen LogP contribution in [0.2, 0.25) is 0 Å². The number of aromatic nitrogens is 2. The number of furan rings is 1. The number of amides is 1. The van der Waals surface area contributed by atoms with E-state index in [1.807, 2.05) is 0 Å². The molecular formula is C18H15F3N4O3. The van der Waals surface area contributed by atoms with Crippen LogP contribution in [0.25, 0.3) is 0 Å². The molecule has 7 nitrogen and oxygen atoms in total. The van der Waals surface area contributed by atoms with Crippen molar-refractivity contribution < 1.29 is 27.5 Å². The number of carbonyl (C=O) groups excluding carboxylic acids is 1. The number of hydrogen-bond donors (Lipinski definition) is 3. The standard InChI is InChI=1S/C18H15F3N4O3/c19-18(20,21)15-8-12(14-5-2-6-28-14)23-16-9-13(24-25(15)16)17(27)22-10-3-1-4-11(26)7-10/h1-7,9,12,15,23,26H,8H2,(H,22,27)/t12-,15-/m0/s1. The number of nitrogens with one attached hydrogen (secondary N) is 2. The number of alkyl halides is 3. The Balaban J connectivity index is 1.64. The number of phenols is 1. The van der Waals surface area contributed by atoms with E-state index in [2.05, 4.69) is 15.7 Å². The average molecular weight is 392 g/mol. The monoisotopic (exact) mass is 392 g/mol. The topological polar surface area (TPSA) is 92.3 Å². The van der Waals surface area contributed by atoms with E-state index in [0.29, 0.717) is 11.4 Å². The van der Waals surface area contributed by atoms with Gasteiger partial charge in [-0.1, -0.05) is 6.07 Å². The van der Waals surface area contributed by atoms with Gasteiger partial charge >= 0.3 is 6.18 Å². The first-order valence-corrected chi connectivity index (χ1v) is 8.38. The van der Waals surface area contributed by atoms with Gasteiger partial charge in [0.2, 0.25) is 0 Å².